The number of hydrogen-bond donors (Lipinski definition) is 1. The predicted octanol–water partition coefficient (Wildman–Crippen LogP) is 2.33. The lowest BCUT2D eigenvalue weighted by molar-refractivity contribution is 0.169. The summed E-state index contributed by atoms with van der Waals surface area (Å²) in [5, 5.41) is 3.31. The summed E-state index contributed by atoms with van der Waals surface area (Å²) in [6.07, 6.45) is 2.37. The van der Waals surface area contributed by atoms with Crippen LogP contribution in [0.5, 0.6) is 0 Å². The van der Waals surface area contributed by atoms with Gasteiger partial charge < -0.3 is 15.1 Å². The van der Waals surface area contributed by atoms with Gasteiger partial charge in [0.2, 0.25) is 0 Å². The van der Waals surface area contributed by atoms with E-state index in [4.69, 9.17) is 0 Å². The van der Waals surface area contributed by atoms with Crippen LogP contribution >= 0.6 is 0 Å². The molecule has 0 radical (unpaired) electrons. The quantitative estimate of drug-likeness (QED) is 0.834. The molecule has 22 heavy (non-hydrogen) atoms. The molecule has 124 valence electrons. The Hall–Kier alpha value is -1.04. The molecule has 1 fully saturated rings. The van der Waals surface area contributed by atoms with Gasteiger partial charge in [-0.05, 0) is 58.6 Å². The molecular formula is C17H27F2N3. The van der Waals surface area contributed by atoms with Crippen molar-refractivity contribution in [1.29, 1.82) is 0 Å². The maximum atomic E-state index is 13.5. The van der Waals surface area contributed by atoms with Crippen LogP contribution in [-0.2, 0) is 6.54 Å². The molecular weight excluding hydrogens is 284 g/mol. The van der Waals surface area contributed by atoms with E-state index < -0.39 is 11.6 Å². The minimum atomic E-state index is -0.522. The lowest BCUT2D eigenvalue weighted by atomic mass is 9.96. The van der Waals surface area contributed by atoms with Crippen molar-refractivity contribution in [2.45, 2.75) is 19.4 Å². The molecule has 1 aliphatic heterocycles. The Morgan fingerprint density at radius 1 is 1.23 bits per heavy atom. The predicted molar refractivity (Wildman–Crippen MR) is 85.8 cm³/mol. The molecule has 1 aromatic rings. The van der Waals surface area contributed by atoms with E-state index in [0.29, 0.717) is 18.0 Å². The number of benzene rings is 1. The standard InChI is InChI=1S/C17H27F2N3/c1-21(2)9-10-22-7-5-14(6-8-22)12-20-13-15-3-4-16(18)11-17(15)19/h3-4,11,14,20H,5-10,12-13H2,1-2H3. The number of rotatable bonds is 7. The van der Waals surface area contributed by atoms with E-state index in [1.165, 1.54) is 25.0 Å². The molecule has 0 aliphatic carbocycles. The van der Waals surface area contributed by atoms with Crippen LogP contribution in [0.2, 0.25) is 0 Å². The molecule has 0 unspecified atom stereocenters. The van der Waals surface area contributed by atoms with Crippen molar-refractivity contribution >= 4 is 0 Å². The number of likely N-dealkylation sites (N-methyl/N-ethyl adjacent to an activating group) is 1. The highest BCUT2D eigenvalue weighted by Gasteiger charge is 2.18. The van der Waals surface area contributed by atoms with Crippen LogP contribution < -0.4 is 5.32 Å². The average Bonchev–Trinajstić information content (AvgIpc) is 2.48. The molecule has 0 amide bonds. The fraction of sp³-hybridized carbons (Fsp3) is 0.647. The molecule has 0 bridgehead atoms. The van der Waals surface area contributed by atoms with Crippen LogP contribution in [0.25, 0.3) is 0 Å². The van der Waals surface area contributed by atoms with Crippen molar-refractivity contribution in [3.05, 3.63) is 35.4 Å². The summed E-state index contributed by atoms with van der Waals surface area (Å²) in [5.41, 5.74) is 0.532. The van der Waals surface area contributed by atoms with Gasteiger partial charge in [-0.2, -0.15) is 0 Å². The molecule has 1 aromatic carbocycles. The van der Waals surface area contributed by atoms with Crippen LogP contribution in [0.15, 0.2) is 18.2 Å². The highest BCUT2D eigenvalue weighted by atomic mass is 19.1. The molecule has 1 aliphatic rings. The molecule has 0 spiro atoms. The van der Waals surface area contributed by atoms with Gasteiger partial charge in [-0.15, -0.1) is 0 Å². The zero-order chi connectivity index (χ0) is 15.9. The van der Waals surface area contributed by atoms with Crippen LogP contribution in [-0.4, -0.2) is 56.6 Å². The van der Waals surface area contributed by atoms with Gasteiger partial charge in [-0.3, -0.25) is 0 Å². The van der Waals surface area contributed by atoms with Gasteiger partial charge in [0.05, 0.1) is 0 Å². The number of nitrogens with zero attached hydrogens (tertiary/aromatic N) is 2. The molecule has 1 heterocycles. The van der Waals surface area contributed by atoms with Crippen LogP contribution in [0.3, 0.4) is 0 Å². The van der Waals surface area contributed by atoms with E-state index in [0.717, 1.165) is 38.8 Å². The van der Waals surface area contributed by atoms with Gasteiger partial charge in [-0.25, -0.2) is 8.78 Å². The summed E-state index contributed by atoms with van der Waals surface area (Å²) in [6, 6.07) is 3.77. The minimum absolute atomic E-state index is 0.465. The molecule has 5 heteroatoms. The first kappa shape index (κ1) is 17.3. The number of piperidine rings is 1. The van der Waals surface area contributed by atoms with Crippen molar-refractivity contribution < 1.29 is 8.78 Å². The van der Waals surface area contributed by atoms with E-state index >= 15 is 0 Å². The fourth-order valence-electron chi connectivity index (χ4n) is 2.83. The topological polar surface area (TPSA) is 18.5 Å². The summed E-state index contributed by atoms with van der Waals surface area (Å²) in [7, 11) is 4.20. The second-order valence-corrected chi connectivity index (χ2v) is 6.45. The van der Waals surface area contributed by atoms with Crippen LogP contribution in [0, 0.1) is 17.6 Å². The number of halogens is 2. The fourth-order valence-corrected chi connectivity index (χ4v) is 2.83. The third-order valence-corrected chi connectivity index (χ3v) is 4.33. The van der Waals surface area contributed by atoms with Crippen molar-refractivity contribution in [3.63, 3.8) is 0 Å². The lowest BCUT2D eigenvalue weighted by Crippen LogP contribution is -2.40. The second kappa shape index (κ2) is 8.56. The Kier molecular flexibility index (Phi) is 6.73. The van der Waals surface area contributed by atoms with Crippen LogP contribution in [0.4, 0.5) is 8.78 Å². The highest BCUT2D eigenvalue weighted by Crippen LogP contribution is 2.16. The first-order valence-electron chi connectivity index (χ1n) is 8.06. The summed E-state index contributed by atoms with van der Waals surface area (Å²) >= 11 is 0. The normalized spacial score (nSPS) is 17.3. The summed E-state index contributed by atoms with van der Waals surface area (Å²) in [5.74, 6) is -0.337. The van der Waals surface area contributed by atoms with E-state index in [1.54, 1.807) is 0 Å². The van der Waals surface area contributed by atoms with Crippen LogP contribution in [0.1, 0.15) is 18.4 Å². The molecule has 3 nitrogen and oxygen atoms in total. The smallest absolute Gasteiger partial charge is 0.130 e. The maximum absolute atomic E-state index is 13.5. The van der Waals surface area contributed by atoms with Crippen molar-refractivity contribution in [2.24, 2.45) is 5.92 Å². The molecule has 0 aromatic heterocycles. The molecule has 1 saturated heterocycles. The Balaban J connectivity index is 1.64. The third-order valence-electron chi connectivity index (χ3n) is 4.33. The molecule has 0 atom stereocenters. The van der Waals surface area contributed by atoms with Crippen molar-refractivity contribution in [2.75, 3.05) is 46.8 Å². The number of likely N-dealkylation sites (tertiary alicyclic amines) is 1. The number of nitrogens with one attached hydrogen (secondary N) is 1. The largest absolute Gasteiger partial charge is 0.312 e. The van der Waals surface area contributed by atoms with Gasteiger partial charge in [0.1, 0.15) is 11.6 Å². The van der Waals surface area contributed by atoms with Crippen molar-refractivity contribution in [1.82, 2.24) is 15.1 Å². The number of hydrogen-bond acceptors (Lipinski definition) is 3. The Morgan fingerprint density at radius 2 is 1.95 bits per heavy atom. The monoisotopic (exact) mass is 311 g/mol. The third kappa shape index (κ3) is 5.63. The second-order valence-electron chi connectivity index (χ2n) is 6.45. The summed E-state index contributed by atoms with van der Waals surface area (Å²) in [4.78, 5) is 4.72. The Morgan fingerprint density at radius 3 is 2.59 bits per heavy atom. The van der Waals surface area contributed by atoms with E-state index in [1.807, 2.05) is 0 Å². The Labute approximate surface area is 132 Å². The summed E-state index contributed by atoms with van der Waals surface area (Å²) < 4.78 is 26.4. The van der Waals surface area contributed by atoms with Gasteiger partial charge in [0.15, 0.2) is 0 Å². The molecule has 1 N–H and O–H groups in total. The average molecular weight is 311 g/mol. The van der Waals surface area contributed by atoms with Gasteiger partial charge in [0.25, 0.3) is 0 Å². The maximum Gasteiger partial charge on any atom is 0.130 e. The first-order valence-corrected chi connectivity index (χ1v) is 8.06. The zero-order valence-corrected chi connectivity index (χ0v) is 13.6. The van der Waals surface area contributed by atoms with Gasteiger partial charge in [0, 0.05) is 31.3 Å². The molecule has 2 rings (SSSR count). The lowest BCUT2D eigenvalue weighted by Gasteiger charge is -2.32. The zero-order valence-electron chi connectivity index (χ0n) is 13.6. The molecule has 0 saturated carbocycles. The van der Waals surface area contributed by atoms with E-state index in [9.17, 15) is 8.78 Å². The highest BCUT2D eigenvalue weighted by molar-refractivity contribution is 5.18. The van der Waals surface area contributed by atoms with E-state index in [-0.39, 0.29) is 0 Å². The van der Waals surface area contributed by atoms with Gasteiger partial charge in [-0.1, -0.05) is 6.07 Å². The Bertz CT molecular complexity index is 457. The SMILES string of the molecule is CN(C)CCN1CCC(CNCc2ccc(F)cc2F)CC1. The van der Waals surface area contributed by atoms with E-state index in [2.05, 4.69) is 29.2 Å². The summed E-state index contributed by atoms with van der Waals surface area (Å²) in [6.45, 7) is 5.89. The minimum Gasteiger partial charge on any atom is -0.312 e. The van der Waals surface area contributed by atoms with Gasteiger partial charge >= 0.3 is 0 Å². The first-order chi connectivity index (χ1) is 10.5. The van der Waals surface area contributed by atoms with Crippen molar-refractivity contribution in [3.8, 4) is 0 Å².